The van der Waals surface area contributed by atoms with Crippen molar-refractivity contribution in [2.75, 3.05) is 11.9 Å². The zero-order valence-corrected chi connectivity index (χ0v) is 10.6. The van der Waals surface area contributed by atoms with Crippen molar-refractivity contribution < 1.29 is 9.90 Å². The normalized spacial score (nSPS) is 10.2. The molecule has 1 aromatic heterocycles. The van der Waals surface area contributed by atoms with Gasteiger partial charge in [-0.1, -0.05) is 24.3 Å². The Morgan fingerprint density at radius 1 is 1.37 bits per heavy atom. The second kappa shape index (κ2) is 5.95. The number of nitrogens with zero attached hydrogens (tertiary/aromatic N) is 2. The Hall–Kier alpha value is -2.43. The molecule has 2 rings (SSSR count). The molecule has 2 aromatic rings. The summed E-state index contributed by atoms with van der Waals surface area (Å²) in [7, 11) is 0. The van der Waals surface area contributed by atoms with Gasteiger partial charge in [-0.15, -0.1) is 0 Å². The quantitative estimate of drug-likeness (QED) is 0.858. The minimum atomic E-state index is -1.03. The molecular weight excluding hydrogens is 242 g/mol. The van der Waals surface area contributed by atoms with Gasteiger partial charge in [0.15, 0.2) is 0 Å². The van der Waals surface area contributed by atoms with E-state index in [0.29, 0.717) is 12.4 Å². The summed E-state index contributed by atoms with van der Waals surface area (Å²) in [6.07, 6.45) is 3.45. The van der Waals surface area contributed by atoms with Crippen LogP contribution in [-0.2, 0) is 6.42 Å². The van der Waals surface area contributed by atoms with Gasteiger partial charge in [-0.05, 0) is 24.5 Å². The molecule has 1 heterocycles. The van der Waals surface area contributed by atoms with E-state index in [-0.39, 0.29) is 5.56 Å². The zero-order valence-electron chi connectivity index (χ0n) is 10.6. The Morgan fingerprint density at radius 3 is 2.89 bits per heavy atom. The van der Waals surface area contributed by atoms with Gasteiger partial charge in [0.2, 0.25) is 0 Å². The molecule has 0 saturated heterocycles. The molecule has 0 aliphatic rings. The molecule has 0 aliphatic carbocycles. The average molecular weight is 257 g/mol. The second-order valence-corrected chi connectivity index (χ2v) is 4.19. The van der Waals surface area contributed by atoms with E-state index in [1.165, 1.54) is 23.7 Å². The highest BCUT2D eigenvalue weighted by molar-refractivity contribution is 5.92. The number of aromatic carboxylic acids is 1. The van der Waals surface area contributed by atoms with Gasteiger partial charge in [-0.3, -0.25) is 0 Å². The number of aryl methyl sites for hydroxylation is 1. The number of carboxylic acids is 1. The van der Waals surface area contributed by atoms with E-state index in [4.69, 9.17) is 5.11 Å². The van der Waals surface area contributed by atoms with Crippen LogP contribution in [0.2, 0.25) is 0 Å². The smallest absolute Gasteiger partial charge is 0.341 e. The molecule has 0 amide bonds. The van der Waals surface area contributed by atoms with Crippen molar-refractivity contribution in [2.24, 2.45) is 0 Å². The first-order valence-electron chi connectivity index (χ1n) is 6.00. The number of rotatable bonds is 5. The highest BCUT2D eigenvalue weighted by Gasteiger charge is 2.10. The highest BCUT2D eigenvalue weighted by Crippen LogP contribution is 2.11. The van der Waals surface area contributed by atoms with E-state index in [2.05, 4.69) is 34.3 Å². The van der Waals surface area contributed by atoms with Crippen molar-refractivity contribution in [3.8, 4) is 0 Å². The molecule has 0 spiro atoms. The van der Waals surface area contributed by atoms with Crippen LogP contribution in [0.5, 0.6) is 0 Å². The summed E-state index contributed by atoms with van der Waals surface area (Å²) in [6.45, 7) is 2.69. The van der Waals surface area contributed by atoms with Crippen LogP contribution in [0.4, 0.5) is 5.82 Å². The van der Waals surface area contributed by atoms with Crippen molar-refractivity contribution in [1.82, 2.24) is 9.97 Å². The van der Waals surface area contributed by atoms with Gasteiger partial charge in [0.1, 0.15) is 17.7 Å². The van der Waals surface area contributed by atoms with Crippen LogP contribution in [0.15, 0.2) is 36.8 Å². The monoisotopic (exact) mass is 257 g/mol. The van der Waals surface area contributed by atoms with Crippen molar-refractivity contribution in [3.05, 3.63) is 53.5 Å². The zero-order chi connectivity index (χ0) is 13.7. The Balaban J connectivity index is 2.00. The SMILES string of the molecule is Cc1ccccc1CCNc1ncncc1C(=O)O. The first-order chi connectivity index (χ1) is 9.18. The van der Waals surface area contributed by atoms with Gasteiger partial charge in [-0.2, -0.15) is 0 Å². The number of anilines is 1. The molecule has 0 fully saturated rings. The van der Waals surface area contributed by atoms with Crippen LogP contribution in [0.1, 0.15) is 21.5 Å². The Morgan fingerprint density at radius 2 is 2.16 bits per heavy atom. The Labute approximate surface area is 111 Å². The van der Waals surface area contributed by atoms with Crippen molar-refractivity contribution in [2.45, 2.75) is 13.3 Å². The number of nitrogens with one attached hydrogen (secondary N) is 1. The number of carboxylic acid groups (broad SMARTS) is 1. The molecular formula is C14H15N3O2. The largest absolute Gasteiger partial charge is 0.477 e. The van der Waals surface area contributed by atoms with E-state index in [1.807, 2.05) is 12.1 Å². The summed E-state index contributed by atoms with van der Waals surface area (Å²) in [5.74, 6) is -0.671. The topological polar surface area (TPSA) is 75.1 Å². The van der Waals surface area contributed by atoms with Crippen molar-refractivity contribution >= 4 is 11.8 Å². The lowest BCUT2D eigenvalue weighted by Gasteiger charge is -2.09. The van der Waals surface area contributed by atoms with E-state index >= 15 is 0 Å². The van der Waals surface area contributed by atoms with Crippen LogP contribution in [0, 0.1) is 6.92 Å². The van der Waals surface area contributed by atoms with Gasteiger partial charge >= 0.3 is 5.97 Å². The van der Waals surface area contributed by atoms with Gasteiger partial charge in [0.05, 0.1) is 0 Å². The van der Waals surface area contributed by atoms with Gasteiger partial charge in [0.25, 0.3) is 0 Å². The van der Waals surface area contributed by atoms with E-state index < -0.39 is 5.97 Å². The minimum absolute atomic E-state index is 0.0901. The first-order valence-corrected chi connectivity index (χ1v) is 6.00. The summed E-state index contributed by atoms with van der Waals surface area (Å²) in [5.41, 5.74) is 2.55. The van der Waals surface area contributed by atoms with Crippen LogP contribution >= 0.6 is 0 Å². The third kappa shape index (κ3) is 3.28. The molecule has 0 aliphatic heterocycles. The molecule has 5 heteroatoms. The van der Waals surface area contributed by atoms with Gasteiger partial charge in [-0.25, -0.2) is 14.8 Å². The summed E-state index contributed by atoms with van der Waals surface area (Å²) in [4.78, 5) is 18.7. The molecule has 1 aromatic carbocycles. The molecule has 0 bridgehead atoms. The maximum absolute atomic E-state index is 11.0. The number of hydrogen-bond donors (Lipinski definition) is 2. The van der Waals surface area contributed by atoms with Gasteiger partial charge in [0, 0.05) is 12.7 Å². The predicted octanol–water partition coefficient (Wildman–Crippen LogP) is 2.14. The predicted molar refractivity (Wildman–Crippen MR) is 72.4 cm³/mol. The second-order valence-electron chi connectivity index (χ2n) is 4.19. The fraction of sp³-hybridized carbons (Fsp3) is 0.214. The summed E-state index contributed by atoms with van der Waals surface area (Å²) < 4.78 is 0. The first kappa shape index (κ1) is 13.0. The number of aromatic nitrogens is 2. The molecule has 0 unspecified atom stereocenters. The van der Waals surface area contributed by atoms with Gasteiger partial charge < -0.3 is 10.4 Å². The van der Waals surface area contributed by atoms with Crippen molar-refractivity contribution in [1.29, 1.82) is 0 Å². The molecule has 0 radical (unpaired) electrons. The third-order valence-corrected chi connectivity index (χ3v) is 2.89. The summed E-state index contributed by atoms with van der Waals surface area (Å²) in [5, 5.41) is 12.0. The summed E-state index contributed by atoms with van der Waals surface area (Å²) >= 11 is 0. The third-order valence-electron chi connectivity index (χ3n) is 2.89. The summed E-state index contributed by atoms with van der Waals surface area (Å²) in [6, 6.07) is 8.12. The van der Waals surface area contributed by atoms with Crippen LogP contribution in [0.25, 0.3) is 0 Å². The standard InChI is InChI=1S/C14H15N3O2/c1-10-4-2-3-5-11(10)6-7-16-13-12(14(18)19)8-15-9-17-13/h2-5,8-9H,6-7H2,1H3,(H,18,19)(H,15,16,17). The highest BCUT2D eigenvalue weighted by atomic mass is 16.4. The van der Waals surface area contributed by atoms with E-state index in [9.17, 15) is 4.79 Å². The molecule has 5 nitrogen and oxygen atoms in total. The van der Waals surface area contributed by atoms with Crippen molar-refractivity contribution in [3.63, 3.8) is 0 Å². The fourth-order valence-electron chi connectivity index (χ4n) is 1.83. The maximum atomic E-state index is 11.0. The average Bonchev–Trinajstić information content (AvgIpc) is 2.41. The van der Waals surface area contributed by atoms with Crippen LogP contribution in [0.3, 0.4) is 0 Å². The minimum Gasteiger partial charge on any atom is -0.477 e. The molecule has 0 saturated carbocycles. The van der Waals surface area contributed by atoms with Crippen LogP contribution < -0.4 is 5.32 Å². The molecule has 19 heavy (non-hydrogen) atoms. The molecule has 0 atom stereocenters. The lowest BCUT2D eigenvalue weighted by Crippen LogP contribution is -2.12. The van der Waals surface area contributed by atoms with Crippen LogP contribution in [-0.4, -0.2) is 27.6 Å². The lowest BCUT2D eigenvalue weighted by atomic mass is 10.1. The lowest BCUT2D eigenvalue weighted by molar-refractivity contribution is 0.0697. The van der Waals surface area contributed by atoms with E-state index in [1.54, 1.807) is 0 Å². The Bertz CT molecular complexity index is 584. The maximum Gasteiger partial charge on any atom is 0.341 e. The Kier molecular flexibility index (Phi) is 4.07. The number of hydrogen-bond acceptors (Lipinski definition) is 4. The number of benzene rings is 1. The molecule has 98 valence electrons. The molecule has 2 N–H and O–H groups in total. The number of carbonyl (C=O) groups is 1. The van der Waals surface area contributed by atoms with E-state index in [0.717, 1.165) is 6.42 Å². The fourth-order valence-corrected chi connectivity index (χ4v) is 1.83.